The van der Waals surface area contributed by atoms with Crippen LogP contribution in [0.25, 0.3) is 0 Å². The minimum absolute atomic E-state index is 0.142. The van der Waals surface area contributed by atoms with E-state index in [0.717, 1.165) is 17.5 Å². The van der Waals surface area contributed by atoms with Gasteiger partial charge in [-0.05, 0) is 41.8 Å². The van der Waals surface area contributed by atoms with E-state index in [1.165, 1.54) is 6.07 Å². The van der Waals surface area contributed by atoms with Crippen molar-refractivity contribution in [3.8, 4) is 0 Å². The number of halogens is 3. The largest absolute Gasteiger partial charge is 0.207 e. The van der Waals surface area contributed by atoms with Gasteiger partial charge in [-0.25, -0.2) is 4.39 Å². The zero-order chi connectivity index (χ0) is 12.3. The lowest BCUT2D eigenvalue weighted by Gasteiger charge is -2.10. The Morgan fingerprint density at radius 3 is 2.59 bits per heavy atom. The number of alkyl halides is 1. The van der Waals surface area contributed by atoms with Crippen LogP contribution in [0.4, 0.5) is 4.39 Å². The highest BCUT2D eigenvalue weighted by Crippen LogP contribution is 2.28. The first kappa shape index (κ1) is 12.6. The first-order valence-electron chi connectivity index (χ1n) is 5.29. The molecule has 88 valence electrons. The van der Waals surface area contributed by atoms with Crippen LogP contribution in [0.1, 0.15) is 16.0 Å². The summed E-state index contributed by atoms with van der Waals surface area (Å²) >= 11 is 9.54. The Morgan fingerprint density at radius 2 is 1.88 bits per heavy atom. The molecule has 0 amide bonds. The highest BCUT2D eigenvalue weighted by atomic mass is 79.9. The molecule has 2 aromatic rings. The number of rotatable bonds is 3. The van der Waals surface area contributed by atoms with Gasteiger partial charge in [0.15, 0.2) is 0 Å². The second-order valence-corrected chi connectivity index (χ2v) is 5.40. The van der Waals surface area contributed by atoms with Crippen LogP contribution in [0.2, 0.25) is 5.02 Å². The number of hydrogen-bond donors (Lipinski definition) is 0. The zero-order valence-corrected chi connectivity index (χ0v) is 11.4. The maximum Gasteiger partial charge on any atom is 0.123 e. The highest BCUT2D eigenvalue weighted by Gasteiger charge is 2.09. The molecule has 0 nitrogen and oxygen atoms in total. The third-order valence-corrected chi connectivity index (χ3v) is 3.60. The molecule has 0 heterocycles. The van der Waals surface area contributed by atoms with E-state index in [-0.39, 0.29) is 10.6 Å². The molecule has 0 aliphatic heterocycles. The molecular weight excluding hydrogens is 303 g/mol. The van der Waals surface area contributed by atoms with Crippen LogP contribution in [-0.4, -0.2) is 0 Å². The highest BCUT2D eigenvalue weighted by molar-refractivity contribution is 9.09. The van der Waals surface area contributed by atoms with Gasteiger partial charge in [0.05, 0.1) is 0 Å². The lowest BCUT2D eigenvalue weighted by Crippen LogP contribution is -1.95. The van der Waals surface area contributed by atoms with Crippen LogP contribution >= 0.6 is 27.5 Å². The van der Waals surface area contributed by atoms with Gasteiger partial charge in [-0.2, -0.15) is 0 Å². The minimum atomic E-state index is -0.201. The van der Waals surface area contributed by atoms with E-state index < -0.39 is 0 Å². The van der Waals surface area contributed by atoms with Crippen molar-refractivity contribution in [3.05, 3.63) is 70.5 Å². The molecule has 0 fully saturated rings. The Morgan fingerprint density at radius 1 is 1.12 bits per heavy atom. The molecular formula is C14H11BrClF. The van der Waals surface area contributed by atoms with Gasteiger partial charge in [-0.3, -0.25) is 0 Å². The van der Waals surface area contributed by atoms with Crippen molar-refractivity contribution in [1.29, 1.82) is 0 Å². The predicted octanol–water partition coefficient (Wildman–Crippen LogP) is 5.16. The van der Waals surface area contributed by atoms with Crippen LogP contribution in [0.15, 0.2) is 48.5 Å². The fourth-order valence-electron chi connectivity index (χ4n) is 1.69. The van der Waals surface area contributed by atoms with E-state index in [4.69, 9.17) is 11.6 Å². The van der Waals surface area contributed by atoms with E-state index in [9.17, 15) is 4.39 Å². The second-order valence-electron chi connectivity index (χ2n) is 3.86. The van der Waals surface area contributed by atoms with Crippen LogP contribution < -0.4 is 0 Å². The molecule has 0 N–H and O–H groups in total. The number of hydrogen-bond acceptors (Lipinski definition) is 0. The second kappa shape index (κ2) is 5.65. The van der Waals surface area contributed by atoms with Crippen LogP contribution in [0.3, 0.4) is 0 Å². The maximum atomic E-state index is 13.0. The van der Waals surface area contributed by atoms with Crippen molar-refractivity contribution < 1.29 is 4.39 Å². The summed E-state index contributed by atoms with van der Waals surface area (Å²) in [5.74, 6) is -0.201. The molecule has 0 saturated carbocycles. The molecule has 0 aromatic heterocycles. The Labute approximate surface area is 114 Å². The lowest BCUT2D eigenvalue weighted by atomic mass is 10.0. The van der Waals surface area contributed by atoms with Crippen molar-refractivity contribution in [2.24, 2.45) is 0 Å². The topological polar surface area (TPSA) is 0 Å². The molecule has 1 atom stereocenters. The first-order valence-corrected chi connectivity index (χ1v) is 6.58. The van der Waals surface area contributed by atoms with E-state index in [1.54, 1.807) is 12.1 Å². The Hall–Kier alpha value is -0.860. The summed E-state index contributed by atoms with van der Waals surface area (Å²) in [7, 11) is 0. The lowest BCUT2D eigenvalue weighted by molar-refractivity contribution is 0.625. The van der Waals surface area contributed by atoms with E-state index in [0.29, 0.717) is 5.02 Å². The zero-order valence-electron chi connectivity index (χ0n) is 9.04. The average Bonchev–Trinajstić information content (AvgIpc) is 2.29. The molecule has 0 spiro atoms. The van der Waals surface area contributed by atoms with E-state index in [1.807, 2.05) is 30.3 Å². The molecule has 2 rings (SSSR count). The summed E-state index contributed by atoms with van der Waals surface area (Å²) in [5, 5.41) is 0.714. The summed E-state index contributed by atoms with van der Waals surface area (Å²) in [6, 6.07) is 14.3. The van der Waals surface area contributed by atoms with Gasteiger partial charge in [0.25, 0.3) is 0 Å². The average molecular weight is 314 g/mol. The third kappa shape index (κ3) is 3.55. The molecule has 3 heteroatoms. The summed E-state index contributed by atoms with van der Waals surface area (Å²) in [4.78, 5) is 0.142. The van der Waals surface area contributed by atoms with Gasteiger partial charge in [0.2, 0.25) is 0 Å². The Bertz CT molecular complexity index is 513. The van der Waals surface area contributed by atoms with Crippen molar-refractivity contribution >= 4 is 27.5 Å². The fourth-order valence-corrected chi connectivity index (χ4v) is 2.55. The van der Waals surface area contributed by atoms with Crippen LogP contribution in [0.5, 0.6) is 0 Å². The predicted molar refractivity (Wildman–Crippen MR) is 73.2 cm³/mol. The van der Waals surface area contributed by atoms with Gasteiger partial charge >= 0.3 is 0 Å². The molecule has 17 heavy (non-hydrogen) atoms. The molecule has 0 bridgehead atoms. The smallest absolute Gasteiger partial charge is 0.123 e. The van der Waals surface area contributed by atoms with E-state index in [2.05, 4.69) is 15.9 Å². The first-order chi connectivity index (χ1) is 8.15. The standard InChI is InChI=1S/C14H11BrClF/c15-14(11-4-2-5-12(16)9-11)8-10-3-1-6-13(17)7-10/h1-7,9,14H,8H2. The Kier molecular flexibility index (Phi) is 4.19. The van der Waals surface area contributed by atoms with Crippen LogP contribution in [-0.2, 0) is 6.42 Å². The van der Waals surface area contributed by atoms with Gasteiger partial charge in [0.1, 0.15) is 5.82 Å². The van der Waals surface area contributed by atoms with Crippen LogP contribution in [0, 0.1) is 5.82 Å². The van der Waals surface area contributed by atoms with Gasteiger partial charge in [0, 0.05) is 9.85 Å². The SMILES string of the molecule is Fc1cccc(CC(Br)c2cccc(Cl)c2)c1. The summed E-state index contributed by atoms with van der Waals surface area (Å²) in [6.07, 6.45) is 0.734. The van der Waals surface area contributed by atoms with Gasteiger partial charge in [-0.1, -0.05) is 51.8 Å². The molecule has 0 radical (unpaired) electrons. The number of benzene rings is 2. The molecule has 2 aromatic carbocycles. The summed E-state index contributed by atoms with van der Waals surface area (Å²) < 4.78 is 13.0. The molecule has 1 unspecified atom stereocenters. The molecule has 0 aliphatic rings. The summed E-state index contributed by atoms with van der Waals surface area (Å²) in [6.45, 7) is 0. The molecule has 0 aliphatic carbocycles. The molecule has 0 saturated heterocycles. The van der Waals surface area contributed by atoms with Gasteiger partial charge in [-0.15, -0.1) is 0 Å². The third-order valence-electron chi connectivity index (χ3n) is 2.51. The normalized spacial score (nSPS) is 12.4. The maximum absolute atomic E-state index is 13.0. The van der Waals surface area contributed by atoms with Gasteiger partial charge < -0.3 is 0 Å². The summed E-state index contributed by atoms with van der Waals surface area (Å²) in [5.41, 5.74) is 2.06. The van der Waals surface area contributed by atoms with Crippen molar-refractivity contribution in [1.82, 2.24) is 0 Å². The monoisotopic (exact) mass is 312 g/mol. The Balaban J connectivity index is 2.14. The van der Waals surface area contributed by atoms with Crippen molar-refractivity contribution in [2.45, 2.75) is 11.2 Å². The minimum Gasteiger partial charge on any atom is -0.207 e. The van der Waals surface area contributed by atoms with Crippen molar-refractivity contribution in [2.75, 3.05) is 0 Å². The van der Waals surface area contributed by atoms with Crippen molar-refractivity contribution in [3.63, 3.8) is 0 Å². The fraction of sp³-hybridized carbons (Fsp3) is 0.143. The quantitative estimate of drug-likeness (QED) is 0.687. The van der Waals surface area contributed by atoms with E-state index >= 15 is 0 Å².